The van der Waals surface area contributed by atoms with Crippen LogP contribution >= 0.6 is 0 Å². The van der Waals surface area contributed by atoms with Crippen LogP contribution in [-0.4, -0.2) is 61.3 Å². The van der Waals surface area contributed by atoms with Crippen LogP contribution in [0.3, 0.4) is 0 Å². The van der Waals surface area contributed by atoms with Crippen molar-refractivity contribution in [1.29, 1.82) is 0 Å². The molecule has 3 aromatic rings. The van der Waals surface area contributed by atoms with Gasteiger partial charge in [0.2, 0.25) is 17.6 Å². The Kier molecular flexibility index (Phi) is 6.71. The number of nitrogens with one attached hydrogen (secondary N) is 1. The van der Waals surface area contributed by atoms with E-state index in [9.17, 15) is 22.4 Å². The SMILES string of the molecule is COc1cc([C@@H](C)C(=O)N2CCC[C@]3(CCc4cc(-c5nc(C(F)(F)F)n(C)n5)c(C)nc4N3)C2)c(F)cn1. The molecule has 1 spiro atoms. The summed E-state index contributed by atoms with van der Waals surface area (Å²) in [6, 6.07) is 3.24. The first-order valence-electron chi connectivity index (χ1n) is 12.7. The van der Waals surface area contributed by atoms with Gasteiger partial charge in [0, 0.05) is 37.3 Å². The van der Waals surface area contributed by atoms with E-state index >= 15 is 0 Å². The average molecular weight is 548 g/mol. The molecule has 5 heterocycles. The van der Waals surface area contributed by atoms with E-state index in [0.29, 0.717) is 43.0 Å². The number of likely N-dealkylation sites (tertiary alicyclic amines) is 1. The smallest absolute Gasteiger partial charge is 0.451 e. The number of carbonyl (C=O) groups excluding carboxylic acids is 1. The van der Waals surface area contributed by atoms with Gasteiger partial charge in [0.15, 0.2) is 5.82 Å². The molecule has 2 aliphatic heterocycles. The molecule has 9 nitrogen and oxygen atoms in total. The van der Waals surface area contributed by atoms with Crippen molar-refractivity contribution in [3.63, 3.8) is 0 Å². The lowest BCUT2D eigenvalue weighted by Crippen LogP contribution is -2.56. The van der Waals surface area contributed by atoms with Gasteiger partial charge in [-0.3, -0.25) is 4.79 Å². The van der Waals surface area contributed by atoms with E-state index in [4.69, 9.17) is 4.74 Å². The molecule has 1 saturated heterocycles. The lowest BCUT2D eigenvalue weighted by atomic mass is 9.80. The maximum atomic E-state index is 14.5. The topological polar surface area (TPSA) is 98.1 Å². The molecule has 13 heteroatoms. The van der Waals surface area contributed by atoms with E-state index in [1.165, 1.54) is 20.2 Å². The second kappa shape index (κ2) is 9.76. The third-order valence-electron chi connectivity index (χ3n) is 7.60. The number of carbonyl (C=O) groups is 1. The Labute approximate surface area is 222 Å². The Morgan fingerprint density at radius 3 is 2.69 bits per heavy atom. The molecule has 0 aromatic carbocycles. The van der Waals surface area contributed by atoms with Crippen molar-refractivity contribution >= 4 is 11.7 Å². The van der Waals surface area contributed by atoms with Crippen LogP contribution in [0.25, 0.3) is 11.4 Å². The van der Waals surface area contributed by atoms with Crippen molar-refractivity contribution in [3.8, 4) is 17.3 Å². The molecule has 2 aliphatic rings. The fraction of sp³-hybridized carbons (Fsp3) is 0.500. The number of alkyl halides is 3. The summed E-state index contributed by atoms with van der Waals surface area (Å²) in [6.45, 7) is 4.37. The maximum Gasteiger partial charge on any atom is 0.451 e. The lowest BCUT2D eigenvalue weighted by molar-refractivity contribution is -0.147. The summed E-state index contributed by atoms with van der Waals surface area (Å²) < 4.78 is 60.0. The summed E-state index contributed by atoms with van der Waals surface area (Å²) in [4.78, 5) is 27.4. The quantitative estimate of drug-likeness (QED) is 0.487. The van der Waals surface area contributed by atoms with Crippen LogP contribution < -0.4 is 10.1 Å². The molecule has 0 saturated carbocycles. The molecule has 5 rings (SSSR count). The Morgan fingerprint density at radius 2 is 2.00 bits per heavy atom. The molecule has 0 aliphatic carbocycles. The minimum absolute atomic E-state index is 0.0266. The van der Waals surface area contributed by atoms with Crippen LogP contribution in [0.2, 0.25) is 0 Å². The van der Waals surface area contributed by atoms with Crippen LogP contribution in [0.5, 0.6) is 5.88 Å². The first kappa shape index (κ1) is 26.8. The highest BCUT2D eigenvalue weighted by Gasteiger charge is 2.42. The van der Waals surface area contributed by atoms with E-state index < -0.39 is 29.3 Å². The van der Waals surface area contributed by atoms with E-state index in [1.807, 2.05) is 0 Å². The lowest BCUT2D eigenvalue weighted by Gasteiger charge is -2.47. The number of nitrogens with zero attached hydrogens (tertiary/aromatic N) is 6. The zero-order valence-corrected chi connectivity index (χ0v) is 22.1. The number of amides is 1. The monoisotopic (exact) mass is 547 g/mol. The van der Waals surface area contributed by atoms with Crippen LogP contribution in [-0.2, 0) is 24.4 Å². The van der Waals surface area contributed by atoms with Gasteiger partial charge in [0.05, 0.1) is 30.5 Å². The van der Waals surface area contributed by atoms with Crippen molar-refractivity contribution in [2.45, 2.75) is 57.2 Å². The van der Waals surface area contributed by atoms with Crippen LogP contribution in [0, 0.1) is 12.7 Å². The Morgan fingerprint density at radius 1 is 1.23 bits per heavy atom. The molecule has 2 atom stereocenters. The van der Waals surface area contributed by atoms with Crippen molar-refractivity contribution in [3.05, 3.63) is 46.8 Å². The van der Waals surface area contributed by atoms with Crippen molar-refractivity contribution in [2.75, 3.05) is 25.5 Å². The number of aryl methyl sites for hydroxylation is 3. The molecular weight excluding hydrogens is 518 g/mol. The molecule has 1 N–H and O–H groups in total. The van der Waals surface area contributed by atoms with E-state index in [2.05, 4.69) is 25.4 Å². The van der Waals surface area contributed by atoms with Gasteiger partial charge in [-0.2, -0.15) is 18.3 Å². The second-order valence-corrected chi connectivity index (χ2v) is 10.2. The van der Waals surface area contributed by atoms with Gasteiger partial charge >= 0.3 is 6.18 Å². The van der Waals surface area contributed by atoms with Gasteiger partial charge in [0.25, 0.3) is 0 Å². The van der Waals surface area contributed by atoms with E-state index in [1.54, 1.807) is 24.8 Å². The largest absolute Gasteiger partial charge is 0.481 e. The van der Waals surface area contributed by atoms with Gasteiger partial charge in [-0.05, 0) is 51.2 Å². The summed E-state index contributed by atoms with van der Waals surface area (Å²) in [7, 11) is 2.64. The first-order valence-corrected chi connectivity index (χ1v) is 12.7. The van der Waals surface area contributed by atoms with Gasteiger partial charge in [0.1, 0.15) is 11.6 Å². The number of rotatable bonds is 4. The molecule has 1 fully saturated rings. The fourth-order valence-electron chi connectivity index (χ4n) is 5.52. The highest BCUT2D eigenvalue weighted by Crippen LogP contribution is 2.39. The van der Waals surface area contributed by atoms with Crippen LogP contribution in [0.1, 0.15) is 54.7 Å². The number of pyridine rings is 2. The number of halogens is 4. The van der Waals surface area contributed by atoms with Gasteiger partial charge < -0.3 is 15.0 Å². The average Bonchev–Trinajstić information content (AvgIpc) is 3.29. The number of aromatic nitrogens is 5. The molecule has 208 valence electrons. The Hall–Kier alpha value is -3.77. The van der Waals surface area contributed by atoms with Gasteiger partial charge in [-0.1, -0.05) is 0 Å². The number of fused-ring (bicyclic) bond motifs is 1. The zero-order valence-electron chi connectivity index (χ0n) is 22.1. The highest BCUT2D eigenvalue weighted by molar-refractivity contribution is 5.84. The number of ether oxygens (including phenoxy) is 1. The van der Waals surface area contributed by atoms with Gasteiger partial charge in [-0.15, -0.1) is 0 Å². The summed E-state index contributed by atoms with van der Waals surface area (Å²) in [5.41, 5.74) is 1.61. The second-order valence-electron chi connectivity index (χ2n) is 10.2. The molecular formula is C26H29F4N7O2. The Balaban J connectivity index is 1.36. The minimum Gasteiger partial charge on any atom is -0.481 e. The van der Waals surface area contributed by atoms with Crippen LogP contribution in [0.4, 0.5) is 23.4 Å². The maximum absolute atomic E-state index is 14.5. The highest BCUT2D eigenvalue weighted by atomic mass is 19.4. The molecule has 39 heavy (non-hydrogen) atoms. The number of anilines is 1. The molecule has 0 unspecified atom stereocenters. The third-order valence-corrected chi connectivity index (χ3v) is 7.60. The number of piperidine rings is 1. The number of hydrogen-bond acceptors (Lipinski definition) is 7. The summed E-state index contributed by atoms with van der Waals surface area (Å²) >= 11 is 0. The summed E-state index contributed by atoms with van der Waals surface area (Å²) in [5, 5.41) is 7.50. The molecule has 3 aromatic heterocycles. The van der Waals surface area contributed by atoms with Crippen LogP contribution in [0.15, 0.2) is 18.3 Å². The molecule has 0 bridgehead atoms. The van der Waals surface area contributed by atoms with Crippen molar-refractivity contribution < 1.29 is 27.1 Å². The van der Waals surface area contributed by atoms with Crippen molar-refractivity contribution in [1.82, 2.24) is 29.6 Å². The van der Waals surface area contributed by atoms with E-state index in [-0.39, 0.29) is 23.2 Å². The predicted molar refractivity (Wildman–Crippen MR) is 134 cm³/mol. The zero-order chi connectivity index (χ0) is 28.1. The number of methoxy groups -OCH3 is 1. The Bertz CT molecular complexity index is 1420. The summed E-state index contributed by atoms with van der Waals surface area (Å²) in [6.07, 6.45) is -0.652. The molecule has 0 radical (unpaired) electrons. The first-order chi connectivity index (χ1) is 18.4. The van der Waals surface area contributed by atoms with Crippen molar-refractivity contribution in [2.24, 2.45) is 7.05 Å². The standard InChI is InChI=1S/C26H29F4N7O2/c1-14(17-11-20(39-4)31-12-19(17)27)23(38)37-9-5-7-25(13-37)8-6-16-10-18(15(2)32-21(16)34-25)22-33-24(26(28,29)30)36(3)35-22/h10-12,14H,5-9,13H2,1-4H3,(H,32,34)/t14-,25+/m1/s1. The molecule has 1 amide bonds. The minimum atomic E-state index is -4.61. The third kappa shape index (κ3) is 5.01. The normalized spacial score (nSPS) is 19.9. The summed E-state index contributed by atoms with van der Waals surface area (Å²) in [5.74, 6) is -1.68. The number of hydrogen-bond donors (Lipinski definition) is 1. The predicted octanol–water partition coefficient (Wildman–Crippen LogP) is 4.27. The van der Waals surface area contributed by atoms with E-state index in [0.717, 1.165) is 29.3 Å². The van der Waals surface area contributed by atoms with Gasteiger partial charge in [-0.25, -0.2) is 24.0 Å². The fourth-order valence-corrected chi connectivity index (χ4v) is 5.52.